The lowest BCUT2D eigenvalue weighted by atomic mass is 10.2. The van der Waals surface area contributed by atoms with Gasteiger partial charge in [-0.1, -0.05) is 15.9 Å². The number of pyridine rings is 1. The number of aromatic nitrogens is 3. The van der Waals surface area contributed by atoms with E-state index in [1.165, 1.54) is 18.5 Å². The molecule has 0 atom stereocenters. The molecule has 0 aliphatic carbocycles. The Morgan fingerprint density at radius 1 is 1.22 bits per heavy atom. The summed E-state index contributed by atoms with van der Waals surface area (Å²) in [5.74, 6) is 0.123. The van der Waals surface area contributed by atoms with Crippen molar-refractivity contribution in [3.63, 3.8) is 0 Å². The van der Waals surface area contributed by atoms with Crippen LogP contribution in [0.15, 0.2) is 29.0 Å². The van der Waals surface area contributed by atoms with Gasteiger partial charge in [0.2, 0.25) is 0 Å². The van der Waals surface area contributed by atoms with E-state index in [0.29, 0.717) is 4.47 Å². The van der Waals surface area contributed by atoms with Crippen LogP contribution in [-0.4, -0.2) is 14.8 Å². The first-order valence-electron chi connectivity index (χ1n) is 4.75. The number of hydrogen-bond donors (Lipinski definition) is 0. The summed E-state index contributed by atoms with van der Waals surface area (Å²) in [5, 5.41) is 3.82. The minimum atomic E-state index is -4.48. The van der Waals surface area contributed by atoms with Gasteiger partial charge in [-0.25, -0.2) is 9.67 Å². The summed E-state index contributed by atoms with van der Waals surface area (Å²) in [6.07, 6.45) is -1.87. The van der Waals surface area contributed by atoms with Gasteiger partial charge in [-0.3, -0.25) is 0 Å². The molecule has 2 heterocycles. The van der Waals surface area contributed by atoms with Gasteiger partial charge in [-0.15, -0.1) is 0 Å². The fourth-order valence-electron chi connectivity index (χ4n) is 1.45. The van der Waals surface area contributed by atoms with Crippen LogP contribution in [0, 0.1) is 0 Å². The Morgan fingerprint density at radius 3 is 2.44 bits per heavy atom. The van der Waals surface area contributed by atoms with Crippen molar-refractivity contribution in [2.24, 2.45) is 0 Å². The zero-order chi connectivity index (χ0) is 13.3. The summed E-state index contributed by atoms with van der Waals surface area (Å²) in [6.45, 7) is 0. The molecule has 0 fully saturated rings. The molecule has 0 saturated carbocycles. The van der Waals surface area contributed by atoms with Gasteiger partial charge < -0.3 is 0 Å². The lowest BCUT2D eigenvalue weighted by Crippen LogP contribution is -2.15. The van der Waals surface area contributed by atoms with Gasteiger partial charge >= 0.3 is 6.18 Å². The van der Waals surface area contributed by atoms with Crippen molar-refractivity contribution in [2.75, 3.05) is 0 Å². The van der Waals surface area contributed by atoms with Gasteiger partial charge in [-0.2, -0.15) is 18.3 Å². The van der Waals surface area contributed by atoms with Crippen LogP contribution in [0.2, 0.25) is 0 Å². The molecular formula is C10H6Br2F3N3. The maximum absolute atomic E-state index is 13.0. The maximum atomic E-state index is 13.0. The third kappa shape index (κ3) is 2.59. The molecule has 2 rings (SSSR count). The molecule has 18 heavy (non-hydrogen) atoms. The molecule has 2 aromatic heterocycles. The summed E-state index contributed by atoms with van der Waals surface area (Å²) in [4.78, 5) is 3.91. The number of hydrogen-bond acceptors (Lipinski definition) is 2. The second-order valence-corrected chi connectivity index (χ2v) is 4.87. The highest BCUT2D eigenvalue weighted by molar-refractivity contribution is 9.10. The lowest BCUT2D eigenvalue weighted by Gasteiger charge is -2.11. The van der Waals surface area contributed by atoms with Crippen molar-refractivity contribution in [3.05, 3.63) is 40.3 Å². The minimum Gasteiger partial charge on any atom is -0.236 e. The molecule has 96 valence electrons. The summed E-state index contributed by atoms with van der Waals surface area (Å²) in [7, 11) is 0. The third-order valence-corrected chi connectivity index (χ3v) is 3.26. The van der Waals surface area contributed by atoms with Crippen LogP contribution in [0.25, 0.3) is 5.82 Å². The molecular weight excluding hydrogens is 379 g/mol. The summed E-state index contributed by atoms with van der Waals surface area (Å²) < 4.78 is 40.4. The first-order valence-corrected chi connectivity index (χ1v) is 6.67. The maximum Gasteiger partial charge on any atom is 0.433 e. The van der Waals surface area contributed by atoms with Crippen molar-refractivity contribution in [1.29, 1.82) is 0 Å². The van der Waals surface area contributed by atoms with E-state index < -0.39 is 11.9 Å². The van der Waals surface area contributed by atoms with Crippen molar-refractivity contribution >= 4 is 31.9 Å². The van der Waals surface area contributed by atoms with E-state index >= 15 is 0 Å². The first-order chi connectivity index (χ1) is 8.43. The number of halogens is 5. The second kappa shape index (κ2) is 5.00. The molecule has 0 saturated heterocycles. The molecule has 3 nitrogen and oxygen atoms in total. The Bertz CT molecular complexity index is 548. The SMILES string of the molecule is FC(F)(F)c1c(CBr)cnn1-c1ccc(Br)cn1. The summed E-state index contributed by atoms with van der Waals surface area (Å²) >= 11 is 6.19. The Labute approximate surface area is 117 Å². The van der Waals surface area contributed by atoms with Gasteiger partial charge in [0.25, 0.3) is 0 Å². The molecule has 0 aliphatic heterocycles. The minimum absolute atomic E-state index is 0.0761. The van der Waals surface area contributed by atoms with Crippen molar-refractivity contribution in [2.45, 2.75) is 11.5 Å². The van der Waals surface area contributed by atoms with Gasteiger partial charge in [0, 0.05) is 21.6 Å². The highest BCUT2D eigenvalue weighted by Crippen LogP contribution is 2.34. The molecule has 0 aliphatic rings. The van der Waals surface area contributed by atoms with E-state index in [2.05, 4.69) is 41.9 Å². The number of alkyl halides is 4. The van der Waals surface area contributed by atoms with E-state index in [9.17, 15) is 13.2 Å². The third-order valence-electron chi connectivity index (χ3n) is 2.19. The Kier molecular flexibility index (Phi) is 3.76. The van der Waals surface area contributed by atoms with E-state index in [1.54, 1.807) is 6.07 Å². The normalized spacial score (nSPS) is 11.8. The van der Waals surface area contributed by atoms with Crippen molar-refractivity contribution in [1.82, 2.24) is 14.8 Å². The molecule has 0 N–H and O–H groups in total. The van der Waals surface area contributed by atoms with Crippen LogP contribution in [-0.2, 0) is 11.5 Å². The fraction of sp³-hybridized carbons (Fsp3) is 0.200. The molecule has 0 radical (unpaired) electrons. The molecule has 2 aromatic rings. The molecule has 0 aromatic carbocycles. The van der Waals surface area contributed by atoms with Gasteiger partial charge in [0.15, 0.2) is 11.5 Å². The average molecular weight is 385 g/mol. The van der Waals surface area contributed by atoms with Crippen LogP contribution in [0.5, 0.6) is 0 Å². The molecule has 0 spiro atoms. The topological polar surface area (TPSA) is 30.7 Å². The Hall–Kier alpha value is -0.890. The molecule has 8 heteroatoms. The van der Waals surface area contributed by atoms with E-state index in [-0.39, 0.29) is 16.7 Å². The van der Waals surface area contributed by atoms with E-state index in [0.717, 1.165) is 4.68 Å². The molecule has 0 amide bonds. The highest BCUT2D eigenvalue weighted by atomic mass is 79.9. The zero-order valence-electron chi connectivity index (χ0n) is 8.75. The van der Waals surface area contributed by atoms with Crippen LogP contribution in [0.1, 0.15) is 11.3 Å². The van der Waals surface area contributed by atoms with Crippen LogP contribution in [0.4, 0.5) is 13.2 Å². The van der Waals surface area contributed by atoms with Gasteiger partial charge in [-0.05, 0) is 28.1 Å². The predicted octanol–water partition coefficient (Wildman–Crippen LogP) is 3.94. The lowest BCUT2D eigenvalue weighted by molar-refractivity contribution is -0.143. The fourth-order valence-corrected chi connectivity index (χ4v) is 2.09. The van der Waals surface area contributed by atoms with Gasteiger partial charge in [0.05, 0.1) is 6.20 Å². The van der Waals surface area contributed by atoms with Crippen LogP contribution >= 0.6 is 31.9 Å². The Morgan fingerprint density at radius 2 is 1.94 bits per heavy atom. The van der Waals surface area contributed by atoms with E-state index in [1.807, 2.05) is 0 Å². The van der Waals surface area contributed by atoms with Crippen LogP contribution in [0.3, 0.4) is 0 Å². The summed E-state index contributed by atoms with van der Waals surface area (Å²) in [6, 6.07) is 3.07. The Balaban J connectivity index is 2.58. The average Bonchev–Trinajstić information content (AvgIpc) is 2.73. The van der Waals surface area contributed by atoms with Gasteiger partial charge in [0.1, 0.15) is 0 Å². The number of rotatable bonds is 2. The highest BCUT2D eigenvalue weighted by Gasteiger charge is 2.38. The van der Waals surface area contributed by atoms with E-state index in [4.69, 9.17) is 0 Å². The van der Waals surface area contributed by atoms with Crippen molar-refractivity contribution < 1.29 is 13.2 Å². The second-order valence-electron chi connectivity index (χ2n) is 3.40. The predicted molar refractivity (Wildman–Crippen MR) is 66.7 cm³/mol. The largest absolute Gasteiger partial charge is 0.433 e. The smallest absolute Gasteiger partial charge is 0.236 e. The molecule has 0 unspecified atom stereocenters. The first kappa shape index (κ1) is 13.5. The standard InChI is InChI=1S/C10H6Br2F3N3/c11-3-6-4-17-18(9(6)10(13,14)15)8-2-1-7(12)5-16-8/h1-2,4-5H,3H2. The molecule has 0 bridgehead atoms. The quantitative estimate of drug-likeness (QED) is 0.734. The number of nitrogens with zero attached hydrogens (tertiary/aromatic N) is 3. The van der Waals surface area contributed by atoms with Crippen molar-refractivity contribution in [3.8, 4) is 5.82 Å². The zero-order valence-corrected chi connectivity index (χ0v) is 11.9. The monoisotopic (exact) mass is 383 g/mol. The van der Waals surface area contributed by atoms with Crippen LogP contribution < -0.4 is 0 Å². The summed E-state index contributed by atoms with van der Waals surface area (Å²) in [5.41, 5.74) is -0.735.